The van der Waals surface area contributed by atoms with Crippen molar-refractivity contribution in [1.29, 1.82) is 0 Å². The van der Waals surface area contributed by atoms with Gasteiger partial charge in [-0.2, -0.15) is 0 Å². The molecule has 4 N–H and O–H groups in total. The first-order valence-electron chi connectivity index (χ1n) is 8.70. The monoisotopic (exact) mass is 375 g/mol. The van der Waals surface area contributed by atoms with Gasteiger partial charge in [-0.15, -0.1) is 0 Å². The van der Waals surface area contributed by atoms with Crippen LogP contribution in [0.15, 0.2) is 60.8 Å². The predicted molar refractivity (Wildman–Crippen MR) is 106 cm³/mol. The number of hydrogen-bond donors (Lipinski definition) is 4. The zero-order chi connectivity index (χ0) is 19.7. The van der Waals surface area contributed by atoms with E-state index in [-0.39, 0.29) is 17.8 Å². The van der Waals surface area contributed by atoms with Crippen molar-refractivity contribution < 1.29 is 19.8 Å². The number of aromatic amines is 1. The molecule has 0 bridgehead atoms. The van der Waals surface area contributed by atoms with E-state index in [0.717, 1.165) is 16.5 Å². The van der Waals surface area contributed by atoms with E-state index in [1.165, 1.54) is 6.07 Å². The second-order valence-electron chi connectivity index (χ2n) is 6.48. The minimum absolute atomic E-state index is 0.0402. The number of carboxylic acid groups (broad SMARTS) is 2. The van der Waals surface area contributed by atoms with Crippen LogP contribution in [0.5, 0.6) is 0 Å². The van der Waals surface area contributed by atoms with Gasteiger partial charge in [0.2, 0.25) is 0 Å². The highest BCUT2D eigenvalue weighted by molar-refractivity contribution is 5.98. The maximum Gasteiger partial charge on any atom is 0.339 e. The Hall–Kier alpha value is -3.87. The minimum Gasteiger partial charge on any atom is -0.480 e. The summed E-state index contributed by atoms with van der Waals surface area (Å²) in [5.74, 6) is -2.22. The number of aromatic carboxylic acids is 1. The molecule has 2 aromatic carbocycles. The number of aliphatic carboxylic acids is 1. The molecule has 28 heavy (non-hydrogen) atoms. The van der Waals surface area contributed by atoms with Gasteiger partial charge in [-0.05, 0) is 23.8 Å². The predicted octanol–water partition coefficient (Wildman–Crippen LogP) is 3.52. The highest BCUT2D eigenvalue weighted by atomic mass is 16.4. The lowest BCUT2D eigenvalue weighted by molar-refractivity contribution is -0.137. The van der Waals surface area contributed by atoms with Gasteiger partial charge in [0, 0.05) is 28.9 Å². The molecule has 0 amide bonds. The van der Waals surface area contributed by atoms with Crippen LogP contribution in [0.2, 0.25) is 0 Å². The number of rotatable bonds is 6. The average molecular weight is 375 g/mol. The fraction of sp³-hybridized carbons (Fsp3) is 0.0952. The van der Waals surface area contributed by atoms with Gasteiger partial charge in [0.25, 0.3) is 0 Å². The Morgan fingerprint density at radius 3 is 2.61 bits per heavy atom. The summed E-state index contributed by atoms with van der Waals surface area (Å²) in [7, 11) is 0. The maximum atomic E-state index is 11.9. The molecule has 2 heterocycles. The van der Waals surface area contributed by atoms with Crippen molar-refractivity contribution in [3.05, 3.63) is 71.9 Å². The zero-order valence-corrected chi connectivity index (χ0v) is 14.7. The molecule has 7 heteroatoms. The van der Waals surface area contributed by atoms with Crippen LogP contribution in [-0.4, -0.2) is 38.2 Å². The average Bonchev–Trinajstić information content (AvgIpc) is 3.09. The van der Waals surface area contributed by atoms with E-state index in [9.17, 15) is 19.8 Å². The molecule has 4 aromatic rings. The van der Waals surface area contributed by atoms with Crippen molar-refractivity contribution in [2.45, 2.75) is 12.5 Å². The Kier molecular flexibility index (Phi) is 4.41. The summed E-state index contributed by atoms with van der Waals surface area (Å²) in [4.78, 5) is 31.0. The number of H-pyrrole nitrogens is 1. The number of anilines is 1. The first-order valence-corrected chi connectivity index (χ1v) is 8.70. The first-order chi connectivity index (χ1) is 13.5. The standard InChI is InChI=1S/C21H17N3O4/c25-20(26)15-9-12-5-1-3-7-16(12)23-19(15)24-18(21(27)28)10-13-11-22-17-8-4-2-6-14(13)17/h1-9,11,18,22H,10H2,(H,23,24)(H,25,26)(H,27,28)/t18-/m1/s1. The van der Waals surface area contributed by atoms with Crippen molar-refractivity contribution in [2.75, 3.05) is 5.32 Å². The maximum absolute atomic E-state index is 11.9. The van der Waals surface area contributed by atoms with E-state index < -0.39 is 18.0 Å². The van der Waals surface area contributed by atoms with Gasteiger partial charge in [0.15, 0.2) is 0 Å². The van der Waals surface area contributed by atoms with Gasteiger partial charge in [0.05, 0.1) is 5.52 Å². The summed E-state index contributed by atoms with van der Waals surface area (Å²) < 4.78 is 0. The molecule has 0 radical (unpaired) electrons. The summed E-state index contributed by atoms with van der Waals surface area (Å²) >= 11 is 0. The Morgan fingerprint density at radius 2 is 1.82 bits per heavy atom. The molecule has 0 unspecified atom stereocenters. The molecule has 2 aromatic heterocycles. The molecule has 140 valence electrons. The number of carbonyl (C=O) groups is 2. The number of fused-ring (bicyclic) bond motifs is 2. The van der Waals surface area contributed by atoms with Crippen LogP contribution in [0.3, 0.4) is 0 Å². The van der Waals surface area contributed by atoms with Gasteiger partial charge in [-0.25, -0.2) is 14.6 Å². The minimum atomic E-state index is -1.17. The Bertz CT molecular complexity index is 1200. The first kappa shape index (κ1) is 17.5. The van der Waals surface area contributed by atoms with E-state index in [1.807, 2.05) is 24.3 Å². The van der Waals surface area contributed by atoms with Crippen molar-refractivity contribution in [1.82, 2.24) is 9.97 Å². The molecule has 0 aliphatic heterocycles. The summed E-state index contributed by atoms with van der Waals surface area (Å²) in [5, 5.41) is 23.7. The highest BCUT2D eigenvalue weighted by Crippen LogP contribution is 2.24. The summed E-state index contributed by atoms with van der Waals surface area (Å²) in [6.07, 6.45) is 1.95. The molecule has 0 aliphatic rings. The van der Waals surface area contributed by atoms with Crippen LogP contribution >= 0.6 is 0 Å². The third kappa shape index (κ3) is 3.25. The van der Waals surface area contributed by atoms with Crippen molar-refractivity contribution >= 4 is 39.6 Å². The molecular formula is C21H17N3O4. The van der Waals surface area contributed by atoms with Gasteiger partial charge < -0.3 is 20.5 Å². The highest BCUT2D eigenvalue weighted by Gasteiger charge is 2.23. The topological polar surface area (TPSA) is 115 Å². The number of carboxylic acids is 2. The largest absolute Gasteiger partial charge is 0.480 e. The normalized spacial score (nSPS) is 12.1. The van der Waals surface area contributed by atoms with Gasteiger partial charge in [0.1, 0.15) is 17.4 Å². The van der Waals surface area contributed by atoms with Crippen LogP contribution < -0.4 is 5.32 Å². The Balaban J connectivity index is 1.71. The molecule has 0 saturated carbocycles. The number of para-hydroxylation sites is 2. The van der Waals surface area contributed by atoms with E-state index in [0.29, 0.717) is 10.9 Å². The van der Waals surface area contributed by atoms with Crippen molar-refractivity contribution in [2.24, 2.45) is 0 Å². The number of benzene rings is 2. The molecule has 0 saturated heterocycles. The molecule has 0 aliphatic carbocycles. The summed E-state index contributed by atoms with van der Waals surface area (Å²) in [6.45, 7) is 0. The molecular weight excluding hydrogens is 358 g/mol. The number of nitrogens with one attached hydrogen (secondary N) is 2. The summed E-state index contributed by atoms with van der Waals surface area (Å²) in [6, 6.07) is 15.2. The van der Waals surface area contributed by atoms with Crippen LogP contribution in [0, 0.1) is 0 Å². The number of hydrogen-bond acceptors (Lipinski definition) is 4. The van der Waals surface area contributed by atoms with Crippen LogP contribution in [0.25, 0.3) is 21.8 Å². The van der Waals surface area contributed by atoms with Crippen LogP contribution in [0.4, 0.5) is 5.82 Å². The number of pyridine rings is 1. The second kappa shape index (κ2) is 7.03. The summed E-state index contributed by atoms with van der Waals surface area (Å²) in [5.41, 5.74) is 2.26. The van der Waals surface area contributed by atoms with Gasteiger partial charge >= 0.3 is 11.9 Å². The Labute approximate surface area is 159 Å². The smallest absolute Gasteiger partial charge is 0.339 e. The van der Waals surface area contributed by atoms with Gasteiger partial charge in [-0.1, -0.05) is 36.4 Å². The third-order valence-corrected chi connectivity index (χ3v) is 4.66. The van der Waals surface area contributed by atoms with E-state index in [4.69, 9.17) is 0 Å². The lowest BCUT2D eigenvalue weighted by Gasteiger charge is -2.17. The molecule has 7 nitrogen and oxygen atoms in total. The van der Waals surface area contributed by atoms with Crippen molar-refractivity contribution in [3.63, 3.8) is 0 Å². The molecule has 0 spiro atoms. The Morgan fingerprint density at radius 1 is 1.07 bits per heavy atom. The number of aromatic nitrogens is 2. The number of nitrogens with zero attached hydrogens (tertiary/aromatic N) is 1. The van der Waals surface area contributed by atoms with Crippen molar-refractivity contribution in [3.8, 4) is 0 Å². The fourth-order valence-corrected chi connectivity index (χ4v) is 3.27. The third-order valence-electron chi connectivity index (χ3n) is 4.66. The lowest BCUT2D eigenvalue weighted by Crippen LogP contribution is -2.32. The zero-order valence-electron chi connectivity index (χ0n) is 14.7. The molecule has 4 rings (SSSR count). The van der Waals surface area contributed by atoms with E-state index >= 15 is 0 Å². The van der Waals surface area contributed by atoms with Crippen LogP contribution in [0.1, 0.15) is 15.9 Å². The van der Waals surface area contributed by atoms with Gasteiger partial charge in [-0.3, -0.25) is 0 Å². The van der Waals surface area contributed by atoms with E-state index in [2.05, 4.69) is 15.3 Å². The SMILES string of the molecule is O=C(O)c1cc2ccccc2nc1N[C@H](Cc1c[nH]c2ccccc12)C(=O)O. The molecule has 1 atom stereocenters. The van der Waals surface area contributed by atoms with Crippen LogP contribution in [-0.2, 0) is 11.2 Å². The van der Waals surface area contributed by atoms with E-state index in [1.54, 1.807) is 30.5 Å². The second-order valence-corrected chi connectivity index (χ2v) is 6.48. The quantitative estimate of drug-likeness (QED) is 0.410. The molecule has 0 fully saturated rings. The lowest BCUT2D eigenvalue weighted by atomic mass is 10.0. The fourth-order valence-electron chi connectivity index (χ4n) is 3.27.